The molecule has 3 rings (SSSR count). The molecule has 0 spiro atoms. The molecule has 1 amide bonds. The number of rotatable bonds is 4. The van der Waals surface area contributed by atoms with E-state index in [1.807, 2.05) is 13.0 Å². The van der Waals surface area contributed by atoms with Gasteiger partial charge in [-0.1, -0.05) is 12.1 Å². The predicted molar refractivity (Wildman–Crippen MR) is 118 cm³/mol. The van der Waals surface area contributed by atoms with Crippen molar-refractivity contribution in [3.63, 3.8) is 0 Å². The van der Waals surface area contributed by atoms with Gasteiger partial charge in [-0.2, -0.15) is 30.6 Å². The summed E-state index contributed by atoms with van der Waals surface area (Å²) in [5.74, 6) is -5.79. The van der Waals surface area contributed by atoms with Crippen LogP contribution in [-0.2, 0) is 24.4 Å². The first-order valence-corrected chi connectivity index (χ1v) is 11.7. The van der Waals surface area contributed by atoms with Gasteiger partial charge in [-0.3, -0.25) is 9.78 Å². The first-order valence-electron chi connectivity index (χ1n) is 10.3. The number of carbonyl (C=O) groups is 3. The van der Waals surface area contributed by atoms with Gasteiger partial charge in [0.15, 0.2) is 0 Å². The number of pyridine rings is 1. The molecule has 0 aliphatic carbocycles. The third-order valence-corrected chi connectivity index (χ3v) is 6.69. The highest BCUT2D eigenvalue weighted by Gasteiger charge is 2.39. The molecule has 2 heterocycles. The Bertz CT molecular complexity index is 1240. The lowest BCUT2D eigenvalue weighted by atomic mass is 10.1. The van der Waals surface area contributed by atoms with Crippen LogP contribution in [-0.4, -0.2) is 83.8 Å². The summed E-state index contributed by atoms with van der Waals surface area (Å²) >= 11 is 0. The van der Waals surface area contributed by atoms with E-state index in [4.69, 9.17) is 25.5 Å². The molecule has 1 fully saturated rings. The lowest BCUT2D eigenvalue weighted by molar-refractivity contribution is -0.193. The van der Waals surface area contributed by atoms with Crippen molar-refractivity contribution in [1.82, 2.24) is 14.6 Å². The van der Waals surface area contributed by atoms with Crippen LogP contribution in [0.25, 0.3) is 10.8 Å². The molecule has 1 aliphatic heterocycles. The quantitative estimate of drug-likeness (QED) is 0.394. The third kappa shape index (κ3) is 9.10. The molecule has 11 nitrogen and oxygen atoms in total. The lowest BCUT2D eigenvalue weighted by Gasteiger charge is -2.18. The molecule has 0 radical (unpaired) electrons. The van der Waals surface area contributed by atoms with E-state index in [1.165, 1.54) is 4.31 Å². The zero-order chi connectivity index (χ0) is 29.5. The number of carboxylic acids is 2. The van der Waals surface area contributed by atoms with Crippen LogP contribution >= 0.6 is 0 Å². The summed E-state index contributed by atoms with van der Waals surface area (Å²) in [7, 11) is -3.65. The van der Waals surface area contributed by atoms with Crippen LogP contribution in [0.3, 0.4) is 0 Å². The minimum absolute atomic E-state index is 0.0997. The fourth-order valence-electron chi connectivity index (χ4n) is 3.03. The Balaban J connectivity index is 0.000000426. The van der Waals surface area contributed by atoms with Crippen molar-refractivity contribution < 1.29 is 59.4 Å². The first kappa shape index (κ1) is 32.5. The fourth-order valence-corrected chi connectivity index (χ4v) is 4.72. The molecule has 212 valence electrons. The van der Waals surface area contributed by atoms with E-state index in [2.05, 4.69) is 10.3 Å². The van der Waals surface area contributed by atoms with Gasteiger partial charge < -0.3 is 21.3 Å². The standard InChI is InChI=1S/C16H20N4O3S.2C2HF3O2/c1-11-8-18-9-14-13(11)3-2-4-15(14)24(22,23)20-6-5-12(10-20)19-16(21)7-17;2*3-2(4,5)1(6)7/h2-4,8-9,12H,5-7,10,17H2,1H3,(H,19,21);2*(H,6,7)/t12-;;/m0../s1. The van der Waals surface area contributed by atoms with Crippen molar-refractivity contribution in [3.8, 4) is 0 Å². The first-order chi connectivity index (χ1) is 17.3. The van der Waals surface area contributed by atoms with Crippen LogP contribution < -0.4 is 11.1 Å². The number of nitrogens with zero attached hydrogens (tertiary/aromatic N) is 2. The number of nitrogens with two attached hydrogens (primary N) is 1. The summed E-state index contributed by atoms with van der Waals surface area (Å²) in [6, 6.07) is 5.03. The Morgan fingerprint density at radius 1 is 1.05 bits per heavy atom. The van der Waals surface area contributed by atoms with Gasteiger partial charge in [-0.05, 0) is 30.4 Å². The van der Waals surface area contributed by atoms with Gasteiger partial charge in [-0.25, -0.2) is 18.0 Å². The minimum Gasteiger partial charge on any atom is -0.475 e. The van der Waals surface area contributed by atoms with Crippen molar-refractivity contribution >= 4 is 38.6 Å². The number of aromatic nitrogens is 1. The van der Waals surface area contributed by atoms with Crippen molar-refractivity contribution in [1.29, 1.82) is 0 Å². The topological polar surface area (TPSA) is 180 Å². The van der Waals surface area contributed by atoms with Gasteiger partial charge in [0.2, 0.25) is 15.9 Å². The maximum Gasteiger partial charge on any atom is 0.490 e. The molecule has 2 aromatic rings. The second kappa shape index (κ2) is 12.8. The van der Waals surface area contributed by atoms with Crippen molar-refractivity contribution in [2.24, 2.45) is 5.73 Å². The Morgan fingerprint density at radius 2 is 1.58 bits per heavy atom. The van der Waals surface area contributed by atoms with Crippen LogP contribution in [0.1, 0.15) is 12.0 Å². The van der Waals surface area contributed by atoms with Gasteiger partial charge in [0.1, 0.15) is 0 Å². The van der Waals surface area contributed by atoms with Gasteiger partial charge in [0, 0.05) is 36.9 Å². The van der Waals surface area contributed by atoms with Crippen molar-refractivity contribution in [2.45, 2.75) is 36.6 Å². The number of fused-ring (bicyclic) bond motifs is 1. The maximum absolute atomic E-state index is 13.0. The van der Waals surface area contributed by atoms with Crippen molar-refractivity contribution in [3.05, 3.63) is 36.2 Å². The molecule has 1 aliphatic rings. The Labute approximate surface area is 211 Å². The number of alkyl halides is 6. The molecule has 1 atom stereocenters. The number of carbonyl (C=O) groups excluding carboxylic acids is 1. The summed E-state index contributed by atoms with van der Waals surface area (Å²) in [6.07, 6.45) is -6.29. The molecular formula is C20H22F6N4O7S. The van der Waals surface area contributed by atoms with Gasteiger partial charge >= 0.3 is 24.3 Å². The Hall–Kier alpha value is -3.51. The van der Waals surface area contributed by atoms with E-state index in [9.17, 15) is 39.6 Å². The van der Waals surface area contributed by atoms with Crippen LogP contribution in [0.4, 0.5) is 26.3 Å². The average Bonchev–Trinajstić information content (AvgIpc) is 3.28. The minimum atomic E-state index is -5.08. The maximum atomic E-state index is 13.0. The normalized spacial score (nSPS) is 16.1. The number of benzene rings is 1. The number of nitrogens with one attached hydrogen (secondary N) is 1. The molecule has 38 heavy (non-hydrogen) atoms. The van der Waals surface area contributed by atoms with Gasteiger partial charge in [0.05, 0.1) is 11.4 Å². The van der Waals surface area contributed by atoms with E-state index in [-0.39, 0.29) is 29.9 Å². The van der Waals surface area contributed by atoms with E-state index in [0.29, 0.717) is 18.4 Å². The summed E-state index contributed by atoms with van der Waals surface area (Å²) in [4.78, 5) is 33.6. The van der Waals surface area contributed by atoms with E-state index in [0.717, 1.165) is 10.9 Å². The molecule has 0 saturated carbocycles. The third-order valence-electron chi connectivity index (χ3n) is 4.77. The van der Waals surface area contributed by atoms with Gasteiger partial charge in [-0.15, -0.1) is 0 Å². The van der Waals surface area contributed by atoms with Crippen LogP contribution in [0, 0.1) is 6.92 Å². The molecule has 0 bridgehead atoms. The van der Waals surface area contributed by atoms with Crippen LogP contribution in [0.5, 0.6) is 0 Å². The van der Waals surface area contributed by atoms with Crippen molar-refractivity contribution in [2.75, 3.05) is 19.6 Å². The van der Waals surface area contributed by atoms with Crippen LogP contribution in [0.15, 0.2) is 35.5 Å². The molecule has 1 saturated heterocycles. The zero-order valence-corrected chi connectivity index (χ0v) is 20.2. The smallest absolute Gasteiger partial charge is 0.475 e. The number of aliphatic carboxylic acids is 2. The SMILES string of the molecule is Cc1cncc2c(S(=O)(=O)N3CC[C@H](NC(=O)CN)C3)cccc12.O=C(O)C(F)(F)F.O=C(O)C(F)(F)F. The monoisotopic (exact) mass is 576 g/mol. The average molecular weight is 576 g/mol. The highest BCUT2D eigenvalue weighted by Crippen LogP contribution is 2.28. The molecule has 18 heteroatoms. The number of hydrogen-bond donors (Lipinski definition) is 4. The Morgan fingerprint density at radius 3 is 2.05 bits per heavy atom. The number of hydrogen-bond acceptors (Lipinski definition) is 7. The number of carboxylic acid groups (broad SMARTS) is 2. The second-order valence-electron chi connectivity index (χ2n) is 7.53. The molecule has 0 unspecified atom stereocenters. The number of sulfonamides is 1. The number of amides is 1. The highest BCUT2D eigenvalue weighted by atomic mass is 32.2. The number of halogens is 6. The fraction of sp³-hybridized carbons (Fsp3) is 0.400. The molecular weight excluding hydrogens is 554 g/mol. The summed E-state index contributed by atoms with van der Waals surface area (Å²) in [5, 5.41) is 18.5. The van der Waals surface area contributed by atoms with E-state index < -0.39 is 34.3 Å². The van der Waals surface area contributed by atoms with E-state index in [1.54, 1.807) is 24.5 Å². The molecule has 1 aromatic carbocycles. The summed E-state index contributed by atoms with van der Waals surface area (Å²) in [5.41, 5.74) is 6.22. The largest absolute Gasteiger partial charge is 0.490 e. The summed E-state index contributed by atoms with van der Waals surface area (Å²) in [6.45, 7) is 2.43. The lowest BCUT2D eigenvalue weighted by Crippen LogP contribution is -2.41. The Kier molecular flexibility index (Phi) is 11.0. The molecule has 1 aromatic heterocycles. The zero-order valence-electron chi connectivity index (χ0n) is 19.4. The van der Waals surface area contributed by atoms with E-state index >= 15 is 0 Å². The van der Waals surface area contributed by atoms with Crippen LogP contribution in [0.2, 0.25) is 0 Å². The predicted octanol–water partition coefficient (Wildman–Crippen LogP) is 1.65. The number of aryl methyl sites for hydroxylation is 1. The highest BCUT2D eigenvalue weighted by molar-refractivity contribution is 7.89. The summed E-state index contributed by atoms with van der Waals surface area (Å²) < 4.78 is 90.9. The van der Waals surface area contributed by atoms with Gasteiger partial charge in [0.25, 0.3) is 0 Å². The molecule has 5 N–H and O–H groups in total. The second-order valence-corrected chi connectivity index (χ2v) is 9.44.